The molecule has 0 aromatic heterocycles. The summed E-state index contributed by atoms with van der Waals surface area (Å²) in [4.78, 5) is 0. The maximum atomic E-state index is 5.88. The van der Waals surface area contributed by atoms with Crippen molar-refractivity contribution < 1.29 is 4.74 Å². The summed E-state index contributed by atoms with van der Waals surface area (Å²) in [6.07, 6.45) is 3.59. The molecule has 0 spiro atoms. The van der Waals surface area contributed by atoms with Crippen LogP contribution in [0.4, 0.5) is 0 Å². The van der Waals surface area contributed by atoms with Gasteiger partial charge in [-0.2, -0.15) is 0 Å². The predicted octanol–water partition coefficient (Wildman–Crippen LogP) is 2.85. The molecule has 0 amide bonds. The van der Waals surface area contributed by atoms with Crippen LogP contribution in [-0.2, 0) is 4.74 Å². The second-order valence-electron chi connectivity index (χ2n) is 4.28. The lowest BCUT2D eigenvalue weighted by Crippen LogP contribution is -2.19. The minimum Gasteiger partial charge on any atom is -0.374 e. The fourth-order valence-corrected chi connectivity index (χ4v) is 1.67. The van der Waals surface area contributed by atoms with Gasteiger partial charge in [0.2, 0.25) is 0 Å². The third-order valence-corrected chi connectivity index (χ3v) is 2.57. The van der Waals surface area contributed by atoms with Crippen LogP contribution in [0.2, 0.25) is 0 Å². The van der Waals surface area contributed by atoms with Crippen molar-refractivity contribution in [2.45, 2.75) is 52.7 Å². The van der Waals surface area contributed by atoms with Gasteiger partial charge in [-0.25, -0.2) is 0 Å². The molecule has 0 radical (unpaired) electrons. The Morgan fingerprint density at radius 2 is 1.27 bits per heavy atom. The average molecular weight is 156 g/mol. The normalized spacial score (nSPS) is 32.2. The predicted molar refractivity (Wildman–Crippen MR) is 47.6 cm³/mol. The molecule has 1 heteroatoms. The molecule has 1 fully saturated rings. The van der Waals surface area contributed by atoms with Gasteiger partial charge in [-0.3, -0.25) is 0 Å². The van der Waals surface area contributed by atoms with E-state index in [0.717, 1.165) is 0 Å². The zero-order valence-corrected chi connectivity index (χ0v) is 8.13. The quantitative estimate of drug-likeness (QED) is 0.597. The summed E-state index contributed by atoms with van der Waals surface area (Å²) in [6, 6.07) is 0. The third kappa shape index (κ3) is 2.19. The van der Waals surface area contributed by atoms with Crippen molar-refractivity contribution in [3.05, 3.63) is 0 Å². The minimum absolute atomic E-state index is 0.530. The highest BCUT2D eigenvalue weighted by molar-refractivity contribution is 4.77. The van der Waals surface area contributed by atoms with Crippen LogP contribution < -0.4 is 0 Å². The highest BCUT2D eigenvalue weighted by atomic mass is 16.5. The summed E-state index contributed by atoms with van der Waals surface area (Å²) in [7, 11) is 0. The topological polar surface area (TPSA) is 9.23 Å². The molecule has 0 aromatic carbocycles. The van der Waals surface area contributed by atoms with Gasteiger partial charge in [-0.05, 0) is 24.7 Å². The molecule has 1 saturated heterocycles. The van der Waals surface area contributed by atoms with Gasteiger partial charge in [0.1, 0.15) is 0 Å². The van der Waals surface area contributed by atoms with E-state index in [1.807, 2.05) is 0 Å². The molecule has 11 heavy (non-hydrogen) atoms. The van der Waals surface area contributed by atoms with E-state index in [1.54, 1.807) is 0 Å². The van der Waals surface area contributed by atoms with Crippen molar-refractivity contribution in [2.75, 3.05) is 0 Å². The Kier molecular flexibility index (Phi) is 2.94. The first kappa shape index (κ1) is 9.05. The maximum Gasteiger partial charge on any atom is 0.0602 e. The van der Waals surface area contributed by atoms with Crippen LogP contribution in [0, 0.1) is 11.8 Å². The highest BCUT2D eigenvalue weighted by Gasteiger charge is 2.28. The molecular weight excluding hydrogens is 136 g/mol. The summed E-state index contributed by atoms with van der Waals surface area (Å²) >= 11 is 0. The first-order valence-electron chi connectivity index (χ1n) is 4.76. The molecule has 1 rings (SSSR count). The van der Waals surface area contributed by atoms with E-state index in [9.17, 15) is 0 Å². The van der Waals surface area contributed by atoms with Gasteiger partial charge in [-0.1, -0.05) is 27.7 Å². The van der Waals surface area contributed by atoms with Crippen LogP contribution in [0.3, 0.4) is 0 Å². The second-order valence-corrected chi connectivity index (χ2v) is 4.28. The second kappa shape index (κ2) is 3.57. The monoisotopic (exact) mass is 156 g/mol. The van der Waals surface area contributed by atoms with E-state index in [0.29, 0.717) is 24.0 Å². The van der Waals surface area contributed by atoms with E-state index in [2.05, 4.69) is 27.7 Å². The van der Waals surface area contributed by atoms with Gasteiger partial charge in [0, 0.05) is 0 Å². The molecule has 1 aliphatic rings. The Balaban J connectivity index is 2.35. The lowest BCUT2D eigenvalue weighted by Gasteiger charge is -2.18. The summed E-state index contributed by atoms with van der Waals surface area (Å²) in [5.74, 6) is 1.39. The van der Waals surface area contributed by atoms with E-state index in [4.69, 9.17) is 4.74 Å². The van der Waals surface area contributed by atoms with Crippen molar-refractivity contribution in [2.24, 2.45) is 11.8 Å². The molecule has 1 aliphatic heterocycles. The number of rotatable bonds is 2. The Morgan fingerprint density at radius 1 is 0.909 bits per heavy atom. The molecule has 0 aliphatic carbocycles. The number of ether oxygens (including phenoxy) is 1. The van der Waals surface area contributed by atoms with Gasteiger partial charge in [0.25, 0.3) is 0 Å². The van der Waals surface area contributed by atoms with Gasteiger partial charge >= 0.3 is 0 Å². The Bertz CT molecular complexity index is 104. The molecule has 0 bridgehead atoms. The Hall–Kier alpha value is -0.0400. The standard InChI is InChI=1S/C10H20O/c1-7(2)9-5-6-10(11-9)8(3)4/h7-10H,5-6H2,1-4H3/t9-,10+. The van der Waals surface area contributed by atoms with Gasteiger partial charge < -0.3 is 4.74 Å². The molecule has 1 heterocycles. The zero-order valence-electron chi connectivity index (χ0n) is 8.13. The molecule has 0 N–H and O–H groups in total. The van der Waals surface area contributed by atoms with E-state index >= 15 is 0 Å². The molecule has 0 saturated carbocycles. The fraction of sp³-hybridized carbons (Fsp3) is 1.00. The minimum atomic E-state index is 0.530. The highest BCUT2D eigenvalue weighted by Crippen LogP contribution is 2.28. The van der Waals surface area contributed by atoms with Crippen molar-refractivity contribution in [1.82, 2.24) is 0 Å². The van der Waals surface area contributed by atoms with Crippen LogP contribution in [0.15, 0.2) is 0 Å². The summed E-state index contributed by atoms with van der Waals surface area (Å²) in [6.45, 7) is 8.97. The van der Waals surface area contributed by atoms with E-state index in [1.165, 1.54) is 12.8 Å². The molecule has 66 valence electrons. The first-order valence-corrected chi connectivity index (χ1v) is 4.76. The van der Waals surface area contributed by atoms with E-state index < -0.39 is 0 Å². The molecule has 0 aromatic rings. The summed E-state index contributed by atoms with van der Waals surface area (Å²) < 4.78 is 5.88. The largest absolute Gasteiger partial charge is 0.374 e. The molecule has 1 nitrogen and oxygen atoms in total. The smallest absolute Gasteiger partial charge is 0.0602 e. The SMILES string of the molecule is CC(C)[C@@H]1CC[C@H](C(C)C)O1. The molecule has 2 atom stereocenters. The third-order valence-electron chi connectivity index (χ3n) is 2.57. The Morgan fingerprint density at radius 3 is 1.45 bits per heavy atom. The lowest BCUT2D eigenvalue weighted by atomic mass is 10.0. The van der Waals surface area contributed by atoms with Crippen LogP contribution in [0.1, 0.15) is 40.5 Å². The van der Waals surface area contributed by atoms with Crippen LogP contribution in [0.5, 0.6) is 0 Å². The lowest BCUT2D eigenvalue weighted by molar-refractivity contribution is -0.00210. The maximum absolute atomic E-state index is 5.88. The number of hydrogen-bond acceptors (Lipinski definition) is 1. The van der Waals surface area contributed by atoms with Crippen LogP contribution in [-0.4, -0.2) is 12.2 Å². The average Bonchev–Trinajstić information content (AvgIpc) is 2.33. The van der Waals surface area contributed by atoms with Crippen LogP contribution in [0.25, 0.3) is 0 Å². The Labute approximate surface area is 70.1 Å². The first-order chi connectivity index (χ1) is 5.11. The van der Waals surface area contributed by atoms with Gasteiger partial charge in [-0.15, -0.1) is 0 Å². The van der Waals surface area contributed by atoms with Crippen molar-refractivity contribution in [1.29, 1.82) is 0 Å². The van der Waals surface area contributed by atoms with Crippen LogP contribution >= 0.6 is 0 Å². The van der Waals surface area contributed by atoms with E-state index in [-0.39, 0.29) is 0 Å². The summed E-state index contributed by atoms with van der Waals surface area (Å²) in [5, 5.41) is 0. The summed E-state index contributed by atoms with van der Waals surface area (Å²) in [5.41, 5.74) is 0. The molecular formula is C10H20O. The van der Waals surface area contributed by atoms with Gasteiger partial charge in [0.15, 0.2) is 0 Å². The molecule has 0 unspecified atom stereocenters. The van der Waals surface area contributed by atoms with Crippen molar-refractivity contribution in [3.8, 4) is 0 Å². The fourth-order valence-electron chi connectivity index (χ4n) is 1.67. The zero-order chi connectivity index (χ0) is 8.43. The number of hydrogen-bond donors (Lipinski definition) is 0. The van der Waals surface area contributed by atoms with Crippen molar-refractivity contribution in [3.63, 3.8) is 0 Å². The van der Waals surface area contributed by atoms with Crippen molar-refractivity contribution >= 4 is 0 Å². The van der Waals surface area contributed by atoms with Gasteiger partial charge in [0.05, 0.1) is 12.2 Å².